The maximum absolute atomic E-state index is 12.2. The van der Waals surface area contributed by atoms with E-state index in [2.05, 4.69) is 19.2 Å². The van der Waals surface area contributed by atoms with E-state index in [0.717, 1.165) is 12.8 Å². The largest absolute Gasteiger partial charge is 0.342 e. The Hall–Kier alpha value is -1.06. The second-order valence-electron chi connectivity index (χ2n) is 5.37. The van der Waals surface area contributed by atoms with Gasteiger partial charge in [0, 0.05) is 6.54 Å². The molecule has 2 atom stereocenters. The Balaban J connectivity index is 2.65. The number of amides is 2. The van der Waals surface area contributed by atoms with Gasteiger partial charge in [-0.25, -0.2) is 0 Å². The number of hydrogen-bond acceptors (Lipinski definition) is 2. The number of nitrogens with zero attached hydrogens (tertiary/aromatic N) is 1. The molecule has 0 spiro atoms. The highest BCUT2D eigenvalue weighted by Gasteiger charge is 2.34. The monoisotopic (exact) mass is 240 g/mol. The van der Waals surface area contributed by atoms with E-state index in [1.54, 1.807) is 4.90 Å². The molecule has 0 radical (unpaired) electrons. The zero-order valence-corrected chi connectivity index (χ0v) is 11.3. The molecule has 1 aliphatic rings. The first-order chi connectivity index (χ1) is 7.95. The van der Waals surface area contributed by atoms with E-state index < -0.39 is 0 Å². The highest BCUT2D eigenvalue weighted by Crippen LogP contribution is 2.15. The minimum Gasteiger partial charge on any atom is -0.342 e. The van der Waals surface area contributed by atoms with Gasteiger partial charge in [-0.15, -0.1) is 0 Å². The van der Waals surface area contributed by atoms with Crippen molar-refractivity contribution in [3.63, 3.8) is 0 Å². The van der Waals surface area contributed by atoms with Crippen LogP contribution in [-0.2, 0) is 9.59 Å². The molecule has 1 aliphatic heterocycles. The van der Waals surface area contributed by atoms with Crippen LogP contribution in [0, 0.1) is 11.8 Å². The predicted octanol–water partition coefficient (Wildman–Crippen LogP) is 1.41. The summed E-state index contributed by atoms with van der Waals surface area (Å²) in [6, 6.07) is -0.326. The van der Waals surface area contributed by atoms with Gasteiger partial charge in [0.15, 0.2) is 0 Å². The van der Waals surface area contributed by atoms with E-state index in [1.807, 2.05) is 13.8 Å². The standard InChI is InChI=1S/C13H24N2O2/c1-5-10(4)12-13(17)15(7-6-9(2)3)8-11(16)14-12/h9-10,12H,5-8H2,1-4H3,(H,14,16). The number of hydrogen-bond donors (Lipinski definition) is 1. The number of rotatable bonds is 5. The van der Waals surface area contributed by atoms with Gasteiger partial charge in [0.2, 0.25) is 11.8 Å². The summed E-state index contributed by atoms with van der Waals surface area (Å²) in [5, 5.41) is 2.80. The van der Waals surface area contributed by atoms with Crippen LogP contribution in [0.2, 0.25) is 0 Å². The van der Waals surface area contributed by atoms with Gasteiger partial charge in [-0.05, 0) is 18.3 Å². The zero-order valence-electron chi connectivity index (χ0n) is 11.3. The lowest BCUT2D eigenvalue weighted by molar-refractivity contribution is -0.145. The Morgan fingerprint density at radius 1 is 1.35 bits per heavy atom. The van der Waals surface area contributed by atoms with Crippen LogP contribution in [0.4, 0.5) is 0 Å². The Morgan fingerprint density at radius 2 is 2.00 bits per heavy atom. The average molecular weight is 240 g/mol. The van der Waals surface area contributed by atoms with Gasteiger partial charge in [-0.1, -0.05) is 34.1 Å². The van der Waals surface area contributed by atoms with E-state index in [4.69, 9.17) is 0 Å². The summed E-state index contributed by atoms with van der Waals surface area (Å²) in [6.45, 7) is 9.21. The molecular weight excluding hydrogens is 216 g/mol. The molecule has 4 nitrogen and oxygen atoms in total. The molecule has 1 N–H and O–H groups in total. The first-order valence-electron chi connectivity index (χ1n) is 6.53. The van der Waals surface area contributed by atoms with Crippen molar-refractivity contribution in [2.45, 2.75) is 46.6 Å². The van der Waals surface area contributed by atoms with Gasteiger partial charge < -0.3 is 10.2 Å². The molecule has 4 heteroatoms. The predicted molar refractivity (Wildman–Crippen MR) is 67.4 cm³/mol. The summed E-state index contributed by atoms with van der Waals surface area (Å²) in [4.78, 5) is 25.5. The van der Waals surface area contributed by atoms with Crippen LogP contribution >= 0.6 is 0 Å². The van der Waals surface area contributed by atoms with Crippen molar-refractivity contribution < 1.29 is 9.59 Å². The van der Waals surface area contributed by atoms with E-state index in [1.165, 1.54) is 0 Å². The average Bonchev–Trinajstić information content (AvgIpc) is 2.28. The van der Waals surface area contributed by atoms with Crippen LogP contribution in [-0.4, -0.2) is 35.8 Å². The van der Waals surface area contributed by atoms with Crippen LogP contribution in [0.1, 0.15) is 40.5 Å². The first kappa shape index (κ1) is 14.0. The molecule has 2 amide bonds. The van der Waals surface area contributed by atoms with Crippen molar-refractivity contribution in [2.75, 3.05) is 13.1 Å². The van der Waals surface area contributed by atoms with Gasteiger partial charge in [0.25, 0.3) is 0 Å². The first-order valence-corrected chi connectivity index (χ1v) is 6.53. The second-order valence-corrected chi connectivity index (χ2v) is 5.37. The molecule has 1 saturated heterocycles. The minimum atomic E-state index is -0.326. The third-order valence-corrected chi connectivity index (χ3v) is 3.42. The number of carbonyl (C=O) groups excluding carboxylic acids is 2. The van der Waals surface area contributed by atoms with Crippen LogP contribution in [0.5, 0.6) is 0 Å². The maximum atomic E-state index is 12.2. The van der Waals surface area contributed by atoms with Crippen LogP contribution in [0.3, 0.4) is 0 Å². The summed E-state index contributed by atoms with van der Waals surface area (Å²) in [5.41, 5.74) is 0. The van der Waals surface area contributed by atoms with Crippen LogP contribution < -0.4 is 5.32 Å². The lowest BCUT2D eigenvalue weighted by Gasteiger charge is -2.35. The Labute approximate surface area is 104 Å². The molecule has 2 unspecified atom stereocenters. The van der Waals surface area contributed by atoms with Crippen molar-refractivity contribution >= 4 is 11.8 Å². The lowest BCUT2D eigenvalue weighted by Crippen LogP contribution is -2.60. The van der Waals surface area contributed by atoms with Gasteiger partial charge in [0.1, 0.15) is 6.04 Å². The molecule has 0 aromatic heterocycles. The van der Waals surface area contributed by atoms with Gasteiger partial charge in [-0.3, -0.25) is 9.59 Å². The fourth-order valence-electron chi connectivity index (χ4n) is 1.95. The molecule has 0 aromatic rings. The highest BCUT2D eigenvalue weighted by atomic mass is 16.2. The van der Waals surface area contributed by atoms with Gasteiger partial charge in [0.05, 0.1) is 6.54 Å². The Bertz CT molecular complexity index is 289. The highest BCUT2D eigenvalue weighted by molar-refractivity contribution is 5.94. The third kappa shape index (κ3) is 3.72. The number of nitrogens with one attached hydrogen (secondary N) is 1. The molecule has 1 fully saturated rings. The lowest BCUT2D eigenvalue weighted by atomic mass is 9.96. The van der Waals surface area contributed by atoms with Crippen molar-refractivity contribution in [2.24, 2.45) is 11.8 Å². The zero-order chi connectivity index (χ0) is 13.0. The normalized spacial score (nSPS) is 22.9. The van der Waals surface area contributed by atoms with Crippen LogP contribution in [0.15, 0.2) is 0 Å². The Kier molecular flexibility index (Phi) is 4.97. The SMILES string of the molecule is CCC(C)C1NC(=O)CN(CCC(C)C)C1=O. The fraction of sp³-hybridized carbons (Fsp3) is 0.846. The minimum absolute atomic E-state index is 0.0290. The summed E-state index contributed by atoms with van der Waals surface area (Å²) >= 11 is 0. The fourth-order valence-corrected chi connectivity index (χ4v) is 1.95. The quantitative estimate of drug-likeness (QED) is 0.790. The maximum Gasteiger partial charge on any atom is 0.245 e. The second kappa shape index (κ2) is 6.03. The van der Waals surface area contributed by atoms with Crippen molar-refractivity contribution in [1.82, 2.24) is 10.2 Å². The number of carbonyl (C=O) groups is 2. The molecule has 1 heterocycles. The molecule has 17 heavy (non-hydrogen) atoms. The summed E-state index contributed by atoms with van der Waals surface area (Å²) < 4.78 is 0. The van der Waals surface area contributed by atoms with E-state index in [0.29, 0.717) is 12.5 Å². The van der Waals surface area contributed by atoms with Gasteiger partial charge in [-0.2, -0.15) is 0 Å². The molecule has 0 aromatic carbocycles. The molecule has 0 saturated carbocycles. The van der Waals surface area contributed by atoms with Crippen molar-refractivity contribution in [1.29, 1.82) is 0 Å². The van der Waals surface area contributed by atoms with Crippen LogP contribution in [0.25, 0.3) is 0 Å². The van der Waals surface area contributed by atoms with E-state index >= 15 is 0 Å². The van der Waals surface area contributed by atoms with Gasteiger partial charge >= 0.3 is 0 Å². The van der Waals surface area contributed by atoms with Crippen molar-refractivity contribution in [3.8, 4) is 0 Å². The molecule has 1 rings (SSSR count). The smallest absolute Gasteiger partial charge is 0.245 e. The topological polar surface area (TPSA) is 49.4 Å². The molecule has 0 bridgehead atoms. The number of piperazine rings is 1. The van der Waals surface area contributed by atoms with E-state index in [9.17, 15) is 9.59 Å². The molecular formula is C13H24N2O2. The third-order valence-electron chi connectivity index (χ3n) is 3.42. The summed E-state index contributed by atoms with van der Waals surface area (Å²) in [6.07, 6.45) is 1.85. The van der Waals surface area contributed by atoms with E-state index in [-0.39, 0.29) is 30.3 Å². The van der Waals surface area contributed by atoms with Crippen molar-refractivity contribution in [3.05, 3.63) is 0 Å². The molecule has 0 aliphatic carbocycles. The summed E-state index contributed by atoms with van der Waals surface area (Å²) in [7, 11) is 0. The molecule has 98 valence electrons. The summed E-state index contributed by atoms with van der Waals surface area (Å²) in [5.74, 6) is 0.807. The Morgan fingerprint density at radius 3 is 2.53 bits per heavy atom.